The fourth-order valence-electron chi connectivity index (χ4n) is 1.51. The lowest BCUT2D eigenvalue weighted by Crippen LogP contribution is -2.56. The van der Waals surface area contributed by atoms with Crippen LogP contribution in [0.25, 0.3) is 0 Å². The van der Waals surface area contributed by atoms with Crippen LogP contribution >= 0.6 is 0 Å². The van der Waals surface area contributed by atoms with Crippen molar-refractivity contribution in [3.63, 3.8) is 0 Å². The molecule has 0 bridgehead atoms. The van der Waals surface area contributed by atoms with E-state index in [0.29, 0.717) is 19.1 Å². The molecule has 0 aliphatic carbocycles. The Morgan fingerprint density at radius 2 is 2.06 bits per heavy atom. The normalized spacial score (nSPS) is 14.5. The minimum absolute atomic E-state index is 0.316. The van der Waals surface area contributed by atoms with E-state index in [2.05, 4.69) is 25.6 Å². The third-order valence-electron chi connectivity index (χ3n) is 2.83. The van der Waals surface area contributed by atoms with E-state index in [4.69, 9.17) is 4.74 Å². The summed E-state index contributed by atoms with van der Waals surface area (Å²) in [5.41, 5.74) is 4.85. The van der Waals surface area contributed by atoms with Crippen molar-refractivity contribution < 1.29 is 15.6 Å². The molecule has 0 amide bonds. The zero-order chi connectivity index (χ0) is 12.0. The van der Waals surface area contributed by atoms with Crippen LogP contribution in [0.1, 0.15) is 31.7 Å². The van der Waals surface area contributed by atoms with E-state index in [0.717, 1.165) is 12.2 Å². The molecule has 3 heteroatoms. The van der Waals surface area contributed by atoms with Gasteiger partial charge in [-0.15, -0.1) is 0 Å². The summed E-state index contributed by atoms with van der Waals surface area (Å²) in [7, 11) is 0. The Kier molecular flexibility index (Phi) is 5.29. The molecule has 0 unspecified atom stereocenters. The van der Waals surface area contributed by atoms with Gasteiger partial charge in [0.15, 0.2) is 0 Å². The first-order valence-electron chi connectivity index (χ1n) is 5.88. The fraction of sp³-hybridized carbons (Fsp3) is 0.538. The van der Waals surface area contributed by atoms with Gasteiger partial charge in [-0.05, 0) is 24.0 Å². The maximum Gasteiger partial charge on any atom is 0.136 e. The lowest BCUT2D eigenvalue weighted by Gasteiger charge is -2.16. The van der Waals surface area contributed by atoms with Crippen LogP contribution in [-0.2, 0) is 0 Å². The average molecular weight is 224 g/mol. The minimum Gasteiger partial charge on any atom is -0.490 e. The lowest BCUT2D eigenvalue weighted by atomic mass is 9.98. The molecule has 0 saturated heterocycles. The summed E-state index contributed by atoms with van der Waals surface area (Å²) in [6, 6.07) is 8.02. The molecule has 16 heavy (non-hydrogen) atoms. The van der Waals surface area contributed by atoms with Crippen molar-refractivity contribution in [1.82, 2.24) is 0 Å². The standard InChI is InChI=1S/C13H21NO2/c1-3-10(2)12-6-4-5-7-13(12)16-9-11(15)8-14/h4-7,10-11,15H,3,8-9,14H2,1-2H3/p+1/t10-,11-/m1/s1. The molecule has 1 rings (SSSR count). The smallest absolute Gasteiger partial charge is 0.136 e. The molecule has 1 aromatic rings. The number of aliphatic hydroxyl groups excluding tert-OH is 1. The van der Waals surface area contributed by atoms with Crippen LogP contribution in [0, 0.1) is 0 Å². The van der Waals surface area contributed by atoms with Gasteiger partial charge in [0, 0.05) is 0 Å². The molecular weight excluding hydrogens is 202 g/mol. The summed E-state index contributed by atoms with van der Waals surface area (Å²) in [4.78, 5) is 0. The van der Waals surface area contributed by atoms with Crippen LogP contribution < -0.4 is 10.5 Å². The van der Waals surface area contributed by atoms with Crippen molar-refractivity contribution >= 4 is 0 Å². The summed E-state index contributed by atoms with van der Waals surface area (Å²) >= 11 is 0. The van der Waals surface area contributed by atoms with Gasteiger partial charge in [0.05, 0.1) is 0 Å². The maximum absolute atomic E-state index is 9.42. The van der Waals surface area contributed by atoms with Crippen molar-refractivity contribution in [3.8, 4) is 5.75 Å². The molecule has 0 radical (unpaired) electrons. The highest BCUT2D eigenvalue weighted by atomic mass is 16.5. The fourth-order valence-corrected chi connectivity index (χ4v) is 1.51. The van der Waals surface area contributed by atoms with E-state index in [1.165, 1.54) is 5.56 Å². The Hall–Kier alpha value is -1.06. The highest BCUT2D eigenvalue weighted by molar-refractivity contribution is 5.35. The molecule has 0 fully saturated rings. The van der Waals surface area contributed by atoms with Gasteiger partial charge in [-0.1, -0.05) is 32.0 Å². The van der Waals surface area contributed by atoms with Crippen LogP contribution in [0.15, 0.2) is 24.3 Å². The Morgan fingerprint density at radius 1 is 1.38 bits per heavy atom. The summed E-state index contributed by atoms with van der Waals surface area (Å²) in [6.07, 6.45) is 0.600. The zero-order valence-corrected chi connectivity index (χ0v) is 10.1. The van der Waals surface area contributed by atoms with Gasteiger partial charge in [-0.2, -0.15) is 0 Å². The molecule has 0 spiro atoms. The van der Waals surface area contributed by atoms with Crippen molar-refractivity contribution in [3.05, 3.63) is 29.8 Å². The molecule has 3 nitrogen and oxygen atoms in total. The second-order valence-electron chi connectivity index (χ2n) is 4.10. The lowest BCUT2D eigenvalue weighted by molar-refractivity contribution is -0.384. The van der Waals surface area contributed by atoms with Gasteiger partial charge in [0.1, 0.15) is 25.0 Å². The number of hydrogen-bond donors (Lipinski definition) is 2. The largest absolute Gasteiger partial charge is 0.490 e. The number of rotatable bonds is 6. The van der Waals surface area contributed by atoms with E-state index < -0.39 is 6.10 Å². The van der Waals surface area contributed by atoms with E-state index >= 15 is 0 Å². The maximum atomic E-state index is 9.42. The van der Waals surface area contributed by atoms with Crippen LogP contribution in [0.2, 0.25) is 0 Å². The van der Waals surface area contributed by atoms with Crippen LogP contribution in [0.3, 0.4) is 0 Å². The highest BCUT2D eigenvalue weighted by Gasteiger charge is 2.11. The molecule has 0 aliphatic rings. The van der Waals surface area contributed by atoms with E-state index in [1.54, 1.807) is 0 Å². The van der Waals surface area contributed by atoms with Crippen LogP contribution in [-0.4, -0.2) is 24.4 Å². The first kappa shape index (κ1) is 13.0. The molecule has 0 aliphatic heterocycles. The first-order valence-corrected chi connectivity index (χ1v) is 5.88. The molecule has 2 atom stereocenters. The molecular formula is C13H22NO2+. The topological polar surface area (TPSA) is 57.1 Å². The van der Waals surface area contributed by atoms with Gasteiger partial charge in [0.25, 0.3) is 0 Å². The van der Waals surface area contributed by atoms with Crippen LogP contribution in [0.4, 0.5) is 0 Å². The quantitative estimate of drug-likeness (QED) is 0.762. The van der Waals surface area contributed by atoms with E-state index in [1.807, 2.05) is 18.2 Å². The van der Waals surface area contributed by atoms with E-state index in [9.17, 15) is 5.11 Å². The van der Waals surface area contributed by atoms with Gasteiger partial charge in [-0.3, -0.25) is 0 Å². The number of aliphatic hydroxyl groups is 1. The molecule has 0 heterocycles. The number of benzene rings is 1. The Balaban J connectivity index is 2.71. The molecule has 90 valence electrons. The van der Waals surface area contributed by atoms with Gasteiger partial charge in [0.2, 0.25) is 0 Å². The Morgan fingerprint density at radius 3 is 2.69 bits per heavy atom. The monoisotopic (exact) mass is 224 g/mol. The van der Waals surface area contributed by atoms with Gasteiger partial charge in [-0.25, -0.2) is 0 Å². The first-order chi connectivity index (χ1) is 7.69. The number of quaternary nitrogens is 1. The molecule has 4 N–H and O–H groups in total. The van der Waals surface area contributed by atoms with Crippen molar-refractivity contribution in [2.24, 2.45) is 0 Å². The van der Waals surface area contributed by atoms with Crippen LogP contribution in [0.5, 0.6) is 5.75 Å². The molecule has 0 saturated carbocycles. The third-order valence-corrected chi connectivity index (χ3v) is 2.83. The van der Waals surface area contributed by atoms with Crippen molar-refractivity contribution in [2.45, 2.75) is 32.3 Å². The SMILES string of the molecule is CC[C@@H](C)c1ccccc1OC[C@H](O)C[NH3+]. The van der Waals surface area contributed by atoms with Gasteiger partial charge >= 0.3 is 0 Å². The average Bonchev–Trinajstić information content (AvgIpc) is 2.35. The van der Waals surface area contributed by atoms with Gasteiger partial charge < -0.3 is 15.6 Å². The molecule has 1 aromatic carbocycles. The highest BCUT2D eigenvalue weighted by Crippen LogP contribution is 2.28. The predicted molar refractivity (Wildman–Crippen MR) is 64.4 cm³/mol. The third kappa shape index (κ3) is 3.51. The minimum atomic E-state index is -0.481. The number of ether oxygens (including phenoxy) is 1. The predicted octanol–water partition coefficient (Wildman–Crippen LogP) is 1.18. The number of hydrogen-bond acceptors (Lipinski definition) is 2. The second kappa shape index (κ2) is 6.51. The summed E-state index contributed by atoms with van der Waals surface area (Å²) in [5.74, 6) is 1.36. The summed E-state index contributed by atoms with van der Waals surface area (Å²) < 4.78 is 5.62. The Labute approximate surface area is 97.2 Å². The van der Waals surface area contributed by atoms with E-state index in [-0.39, 0.29) is 0 Å². The second-order valence-corrected chi connectivity index (χ2v) is 4.10. The Bertz CT molecular complexity index is 315. The number of para-hydroxylation sites is 1. The van der Waals surface area contributed by atoms with Crippen molar-refractivity contribution in [2.75, 3.05) is 13.2 Å². The molecule has 0 aromatic heterocycles. The summed E-state index contributed by atoms with van der Waals surface area (Å²) in [6.45, 7) is 5.13. The van der Waals surface area contributed by atoms with Crippen molar-refractivity contribution in [1.29, 1.82) is 0 Å². The summed E-state index contributed by atoms with van der Waals surface area (Å²) in [5, 5.41) is 9.42. The zero-order valence-electron chi connectivity index (χ0n) is 10.1.